The van der Waals surface area contributed by atoms with Crippen molar-refractivity contribution in [2.45, 2.75) is 29.4 Å². The molecule has 0 saturated heterocycles. The van der Waals surface area contributed by atoms with Crippen molar-refractivity contribution in [3.8, 4) is 0 Å². The smallest absolute Gasteiger partial charge is 0.335 e. The molecule has 1 aliphatic rings. The largest absolute Gasteiger partial charge is 0.478 e. The third-order valence-corrected chi connectivity index (χ3v) is 4.82. The van der Waals surface area contributed by atoms with Gasteiger partial charge in [0.05, 0.1) is 10.5 Å². The van der Waals surface area contributed by atoms with Crippen molar-refractivity contribution in [3.05, 3.63) is 41.5 Å². The molecule has 1 aliphatic carbocycles. The quantitative estimate of drug-likeness (QED) is 0.893. The maximum Gasteiger partial charge on any atom is 0.335 e. The van der Waals surface area contributed by atoms with Crippen molar-refractivity contribution in [1.82, 2.24) is 10.1 Å². The Kier molecular flexibility index (Phi) is 3.25. The first-order chi connectivity index (χ1) is 9.95. The van der Waals surface area contributed by atoms with Crippen LogP contribution in [0, 0.1) is 0 Å². The summed E-state index contributed by atoms with van der Waals surface area (Å²) in [7, 11) is -3.63. The Balaban J connectivity index is 1.80. The summed E-state index contributed by atoms with van der Waals surface area (Å²) in [6.45, 7) is 0. The van der Waals surface area contributed by atoms with Crippen LogP contribution in [0.1, 0.15) is 40.8 Å². The van der Waals surface area contributed by atoms with Crippen LogP contribution in [0.5, 0.6) is 0 Å². The monoisotopic (exact) mass is 308 g/mol. The number of carboxylic acid groups (broad SMARTS) is 1. The predicted octanol–water partition coefficient (Wildman–Crippen LogP) is 1.62. The van der Waals surface area contributed by atoms with E-state index in [0.29, 0.717) is 5.89 Å². The Morgan fingerprint density at radius 1 is 1.29 bits per heavy atom. The molecule has 8 heteroatoms. The van der Waals surface area contributed by atoms with Crippen molar-refractivity contribution < 1.29 is 22.8 Å². The average molecular weight is 308 g/mol. The minimum absolute atomic E-state index is 0.0320. The standard InChI is InChI=1S/C13H12N2O5S/c16-13(17)9-3-5-10(6-4-9)21(18,19)7-11-14-12(20-15-11)8-1-2-8/h3-6,8H,1-2,7H2,(H,16,17). The highest BCUT2D eigenvalue weighted by Crippen LogP contribution is 2.38. The van der Waals surface area contributed by atoms with Crippen molar-refractivity contribution in [1.29, 1.82) is 0 Å². The molecule has 0 aliphatic heterocycles. The topological polar surface area (TPSA) is 110 Å². The van der Waals surface area contributed by atoms with E-state index in [4.69, 9.17) is 9.63 Å². The summed E-state index contributed by atoms with van der Waals surface area (Å²) < 4.78 is 29.4. The predicted molar refractivity (Wildman–Crippen MR) is 70.6 cm³/mol. The molecule has 2 aromatic rings. The highest BCUT2D eigenvalue weighted by Gasteiger charge is 2.30. The van der Waals surface area contributed by atoms with Gasteiger partial charge in [-0.15, -0.1) is 0 Å². The number of rotatable bonds is 5. The first-order valence-electron chi connectivity index (χ1n) is 6.34. The lowest BCUT2D eigenvalue weighted by atomic mass is 10.2. The Hall–Kier alpha value is -2.22. The Bertz CT molecular complexity index is 775. The molecule has 0 radical (unpaired) electrons. The fraction of sp³-hybridized carbons (Fsp3) is 0.308. The molecule has 110 valence electrons. The molecule has 0 spiro atoms. The first-order valence-corrected chi connectivity index (χ1v) is 7.99. The fourth-order valence-corrected chi connectivity index (χ4v) is 3.05. The number of aromatic nitrogens is 2. The summed E-state index contributed by atoms with van der Waals surface area (Å²) in [6, 6.07) is 5.03. The van der Waals surface area contributed by atoms with E-state index in [1.807, 2.05) is 0 Å². The van der Waals surface area contributed by atoms with Crippen molar-refractivity contribution in [2.75, 3.05) is 0 Å². The van der Waals surface area contributed by atoms with Crippen molar-refractivity contribution >= 4 is 15.8 Å². The molecule has 1 N–H and O–H groups in total. The molecule has 0 amide bonds. The van der Waals surface area contributed by atoms with Gasteiger partial charge in [-0.05, 0) is 37.1 Å². The van der Waals surface area contributed by atoms with Crippen LogP contribution in [0.4, 0.5) is 0 Å². The summed E-state index contributed by atoms with van der Waals surface area (Å²) in [5.41, 5.74) is 0.0320. The minimum Gasteiger partial charge on any atom is -0.478 e. The first kappa shape index (κ1) is 13.7. The van der Waals surface area contributed by atoms with Gasteiger partial charge in [0.15, 0.2) is 15.7 Å². The molecule has 3 rings (SSSR count). The normalized spacial score (nSPS) is 15.0. The molecule has 0 bridgehead atoms. The molecule has 0 atom stereocenters. The van der Waals surface area contributed by atoms with E-state index in [9.17, 15) is 13.2 Å². The molecule has 21 heavy (non-hydrogen) atoms. The third-order valence-electron chi connectivity index (χ3n) is 3.19. The van der Waals surface area contributed by atoms with Crippen LogP contribution in [0.2, 0.25) is 0 Å². The van der Waals surface area contributed by atoms with E-state index in [0.717, 1.165) is 12.8 Å². The molecular weight excluding hydrogens is 296 g/mol. The summed E-state index contributed by atoms with van der Waals surface area (Å²) in [6.07, 6.45) is 1.98. The second kappa shape index (κ2) is 4.96. The van der Waals surface area contributed by atoms with Gasteiger partial charge in [-0.2, -0.15) is 4.98 Å². The Morgan fingerprint density at radius 2 is 1.95 bits per heavy atom. The van der Waals surface area contributed by atoms with Gasteiger partial charge in [-0.3, -0.25) is 0 Å². The van der Waals surface area contributed by atoms with Crippen LogP contribution in [0.3, 0.4) is 0 Å². The highest BCUT2D eigenvalue weighted by atomic mass is 32.2. The Labute approximate surface area is 120 Å². The number of carbonyl (C=O) groups is 1. The van der Waals surface area contributed by atoms with Gasteiger partial charge in [0.1, 0.15) is 5.75 Å². The van der Waals surface area contributed by atoms with E-state index in [1.165, 1.54) is 24.3 Å². The average Bonchev–Trinajstić information content (AvgIpc) is 3.20. The molecule has 1 saturated carbocycles. The SMILES string of the molecule is O=C(O)c1ccc(S(=O)(=O)Cc2noc(C3CC3)n2)cc1. The van der Waals surface area contributed by atoms with E-state index < -0.39 is 15.8 Å². The minimum atomic E-state index is -3.63. The van der Waals surface area contributed by atoms with Gasteiger partial charge in [0, 0.05) is 5.92 Å². The number of hydrogen-bond acceptors (Lipinski definition) is 6. The number of benzene rings is 1. The van der Waals surface area contributed by atoms with Gasteiger partial charge in [-0.1, -0.05) is 5.16 Å². The van der Waals surface area contributed by atoms with Crippen LogP contribution < -0.4 is 0 Å². The maximum atomic E-state index is 12.2. The Morgan fingerprint density at radius 3 is 2.52 bits per heavy atom. The van der Waals surface area contributed by atoms with Gasteiger partial charge >= 0.3 is 5.97 Å². The molecular formula is C13H12N2O5S. The van der Waals surface area contributed by atoms with Crippen LogP contribution in [-0.4, -0.2) is 29.6 Å². The van der Waals surface area contributed by atoms with Crippen LogP contribution in [0.15, 0.2) is 33.7 Å². The van der Waals surface area contributed by atoms with E-state index >= 15 is 0 Å². The number of sulfone groups is 1. The number of nitrogens with zero attached hydrogens (tertiary/aromatic N) is 2. The number of hydrogen-bond donors (Lipinski definition) is 1. The summed E-state index contributed by atoms with van der Waals surface area (Å²) in [5.74, 6) is -0.592. The second-order valence-corrected chi connectivity index (χ2v) is 6.90. The zero-order valence-corrected chi connectivity index (χ0v) is 11.7. The lowest BCUT2D eigenvalue weighted by Crippen LogP contribution is -2.07. The van der Waals surface area contributed by atoms with Gasteiger partial charge in [0.2, 0.25) is 5.89 Å². The number of carboxylic acids is 1. The van der Waals surface area contributed by atoms with Crippen molar-refractivity contribution in [2.24, 2.45) is 0 Å². The van der Waals surface area contributed by atoms with Crippen LogP contribution in [-0.2, 0) is 15.6 Å². The molecule has 1 heterocycles. The van der Waals surface area contributed by atoms with Gasteiger partial charge in [0.25, 0.3) is 0 Å². The van der Waals surface area contributed by atoms with Crippen molar-refractivity contribution in [3.63, 3.8) is 0 Å². The molecule has 1 fully saturated rings. The number of aromatic carboxylic acids is 1. The van der Waals surface area contributed by atoms with E-state index in [1.54, 1.807) is 0 Å². The lowest BCUT2D eigenvalue weighted by molar-refractivity contribution is 0.0696. The third kappa shape index (κ3) is 2.94. The van der Waals surface area contributed by atoms with Crippen LogP contribution >= 0.6 is 0 Å². The molecule has 1 aromatic carbocycles. The zero-order valence-electron chi connectivity index (χ0n) is 10.9. The molecule has 0 unspecified atom stereocenters. The molecule has 7 nitrogen and oxygen atoms in total. The second-order valence-electron chi connectivity index (χ2n) is 4.91. The molecule has 1 aromatic heterocycles. The highest BCUT2D eigenvalue weighted by molar-refractivity contribution is 7.90. The summed E-state index contributed by atoms with van der Waals surface area (Å²) in [5, 5.41) is 12.5. The van der Waals surface area contributed by atoms with E-state index in [2.05, 4.69) is 10.1 Å². The van der Waals surface area contributed by atoms with Gasteiger partial charge < -0.3 is 9.63 Å². The maximum absolute atomic E-state index is 12.2. The lowest BCUT2D eigenvalue weighted by Gasteiger charge is -2.02. The zero-order chi connectivity index (χ0) is 15.0. The van der Waals surface area contributed by atoms with E-state index in [-0.39, 0.29) is 28.0 Å². The van der Waals surface area contributed by atoms with Crippen LogP contribution in [0.25, 0.3) is 0 Å². The fourth-order valence-electron chi connectivity index (χ4n) is 1.88. The summed E-state index contributed by atoms with van der Waals surface area (Å²) in [4.78, 5) is 14.9. The summed E-state index contributed by atoms with van der Waals surface area (Å²) >= 11 is 0. The van der Waals surface area contributed by atoms with Gasteiger partial charge in [-0.25, -0.2) is 13.2 Å².